The Morgan fingerprint density at radius 3 is 2.65 bits per heavy atom. The molecule has 114 valence electrons. The summed E-state index contributed by atoms with van der Waals surface area (Å²) in [5.41, 5.74) is 9.17. The lowest BCUT2D eigenvalue weighted by Crippen LogP contribution is -2.05. The Morgan fingerprint density at radius 2 is 2.00 bits per heavy atom. The highest BCUT2D eigenvalue weighted by molar-refractivity contribution is 9.10. The number of pyridine rings is 1. The van der Waals surface area contributed by atoms with Crippen LogP contribution in [0.3, 0.4) is 0 Å². The van der Waals surface area contributed by atoms with Gasteiger partial charge < -0.3 is 10.5 Å². The second-order valence-corrected chi connectivity index (χ2v) is 5.58. The van der Waals surface area contributed by atoms with E-state index in [1.54, 1.807) is 23.2 Å². The number of benzene rings is 2. The Bertz CT molecular complexity index is 906. The van der Waals surface area contributed by atoms with E-state index in [0.717, 1.165) is 11.1 Å². The van der Waals surface area contributed by atoms with E-state index in [1.165, 1.54) is 6.20 Å². The van der Waals surface area contributed by atoms with Gasteiger partial charge in [0.05, 0.1) is 40.2 Å². The molecular weight excluding hydrogens is 356 g/mol. The van der Waals surface area contributed by atoms with Gasteiger partial charge in [0.25, 0.3) is 0 Å². The molecule has 1 heterocycles. The molecule has 0 saturated heterocycles. The minimum atomic E-state index is 0.436. The average Bonchev–Trinajstić information content (AvgIpc) is 2.60. The van der Waals surface area contributed by atoms with Crippen molar-refractivity contribution in [2.75, 3.05) is 16.8 Å². The van der Waals surface area contributed by atoms with E-state index in [2.05, 4.69) is 27.2 Å². The first-order valence-electron chi connectivity index (χ1n) is 6.83. The Hall–Kier alpha value is -2.78. The molecule has 0 fully saturated rings. The predicted molar refractivity (Wildman–Crippen MR) is 94.9 cm³/mol. The van der Waals surface area contributed by atoms with Gasteiger partial charge in [0.15, 0.2) is 0 Å². The number of nitrogens with zero attached hydrogens (tertiary/aromatic N) is 3. The number of para-hydroxylation sites is 1. The summed E-state index contributed by atoms with van der Waals surface area (Å²) in [6, 6.07) is 15.3. The molecule has 1 aromatic heterocycles. The summed E-state index contributed by atoms with van der Waals surface area (Å²) in [6.07, 6.45) is 1.54. The molecule has 3 rings (SSSR count). The van der Waals surface area contributed by atoms with Gasteiger partial charge in [-0.15, -0.1) is 0 Å². The van der Waals surface area contributed by atoms with Gasteiger partial charge in [-0.25, -0.2) is 0 Å². The van der Waals surface area contributed by atoms with Crippen LogP contribution in [-0.2, 0) is 0 Å². The van der Waals surface area contributed by atoms with Gasteiger partial charge in [0.1, 0.15) is 17.3 Å². The lowest BCUT2D eigenvalue weighted by atomic mass is 10.1. The minimum Gasteiger partial charge on any atom is -0.494 e. The number of aromatic nitrogens is 1. The molecule has 0 amide bonds. The van der Waals surface area contributed by atoms with Crippen molar-refractivity contribution in [2.24, 2.45) is 0 Å². The molecule has 0 bridgehead atoms. The number of nitrogens with two attached hydrogens (primary N) is 1. The van der Waals surface area contributed by atoms with Crippen LogP contribution in [0.25, 0.3) is 10.9 Å². The van der Waals surface area contributed by atoms with Gasteiger partial charge in [0, 0.05) is 23.3 Å². The molecule has 0 atom stereocenters. The molecule has 3 aromatic rings. The molecule has 0 spiro atoms. The fourth-order valence-electron chi connectivity index (χ4n) is 2.42. The van der Waals surface area contributed by atoms with E-state index in [1.807, 2.05) is 30.3 Å². The Kier molecular flexibility index (Phi) is 4.04. The first-order chi connectivity index (χ1) is 11.2. The standard InChI is InChI=1S/C17H13BrN4O/c1-23-15-8-12(20)7-14-16(15)21-10-11(9-19)17(14)22(18)13-5-3-2-4-6-13/h2-8,10H,20H2,1H3. The van der Waals surface area contributed by atoms with Crippen molar-refractivity contribution in [1.82, 2.24) is 4.98 Å². The van der Waals surface area contributed by atoms with E-state index in [0.29, 0.717) is 28.2 Å². The summed E-state index contributed by atoms with van der Waals surface area (Å²) in [5.74, 6) is 0.569. The zero-order valence-electron chi connectivity index (χ0n) is 12.3. The van der Waals surface area contributed by atoms with Crippen LogP contribution in [0.15, 0.2) is 48.7 Å². The van der Waals surface area contributed by atoms with Crippen LogP contribution in [0, 0.1) is 11.3 Å². The number of halogens is 1. The van der Waals surface area contributed by atoms with Crippen molar-refractivity contribution < 1.29 is 4.74 Å². The Balaban J connectivity index is 2.34. The second kappa shape index (κ2) is 6.15. The number of fused-ring (bicyclic) bond motifs is 1. The summed E-state index contributed by atoms with van der Waals surface area (Å²) in [5, 5.41) is 10.2. The zero-order valence-corrected chi connectivity index (χ0v) is 13.9. The van der Waals surface area contributed by atoms with E-state index < -0.39 is 0 Å². The first kappa shape index (κ1) is 15.1. The smallest absolute Gasteiger partial charge is 0.147 e. The number of rotatable bonds is 3. The highest BCUT2D eigenvalue weighted by Crippen LogP contribution is 2.40. The van der Waals surface area contributed by atoms with Gasteiger partial charge in [-0.1, -0.05) is 18.2 Å². The highest BCUT2D eigenvalue weighted by Gasteiger charge is 2.18. The van der Waals surface area contributed by atoms with E-state index >= 15 is 0 Å². The van der Waals surface area contributed by atoms with Crippen LogP contribution >= 0.6 is 16.1 Å². The van der Waals surface area contributed by atoms with Gasteiger partial charge in [0.2, 0.25) is 0 Å². The molecule has 2 N–H and O–H groups in total. The summed E-state index contributed by atoms with van der Waals surface area (Å²) in [7, 11) is 1.57. The summed E-state index contributed by atoms with van der Waals surface area (Å²) < 4.78 is 7.14. The number of hydrogen-bond acceptors (Lipinski definition) is 5. The third-order valence-electron chi connectivity index (χ3n) is 3.45. The van der Waals surface area contributed by atoms with Crippen LogP contribution < -0.4 is 14.4 Å². The normalized spacial score (nSPS) is 10.3. The highest BCUT2D eigenvalue weighted by atomic mass is 79.9. The number of nitriles is 1. The van der Waals surface area contributed by atoms with E-state index in [9.17, 15) is 5.26 Å². The third kappa shape index (κ3) is 2.67. The first-order valence-corrected chi connectivity index (χ1v) is 7.54. The van der Waals surface area contributed by atoms with Crippen molar-refractivity contribution in [3.63, 3.8) is 0 Å². The van der Waals surface area contributed by atoms with Crippen molar-refractivity contribution in [3.05, 3.63) is 54.2 Å². The lowest BCUT2D eigenvalue weighted by molar-refractivity contribution is 0.419. The summed E-state index contributed by atoms with van der Waals surface area (Å²) in [4.78, 5) is 4.35. The van der Waals surface area contributed by atoms with Crippen molar-refractivity contribution in [1.29, 1.82) is 5.26 Å². The van der Waals surface area contributed by atoms with Gasteiger partial charge >= 0.3 is 0 Å². The van der Waals surface area contributed by atoms with Crippen molar-refractivity contribution in [2.45, 2.75) is 0 Å². The van der Waals surface area contributed by atoms with Crippen molar-refractivity contribution >= 4 is 44.1 Å². The third-order valence-corrected chi connectivity index (χ3v) is 4.21. The minimum absolute atomic E-state index is 0.436. The van der Waals surface area contributed by atoms with Crippen LogP contribution in [0.4, 0.5) is 17.1 Å². The molecule has 0 unspecified atom stereocenters. The second-order valence-electron chi connectivity index (χ2n) is 4.87. The number of methoxy groups -OCH3 is 1. The molecule has 0 radical (unpaired) electrons. The molecule has 2 aromatic carbocycles. The molecular formula is C17H13BrN4O. The molecule has 0 aliphatic heterocycles. The van der Waals surface area contributed by atoms with E-state index in [4.69, 9.17) is 10.5 Å². The monoisotopic (exact) mass is 368 g/mol. The maximum atomic E-state index is 9.47. The molecule has 0 aliphatic carbocycles. The quantitative estimate of drug-likeness (QED) is 0.555. The summed E-state index contributed by atoms with van der Waals surface area (Å²) >= 11 is 3.55. The lowest BCUT2D eigenvalue weighted by Gasteiger charge is -2.20. The maximum absolute atomic E-state index is 9.47. The Labute approximate surface area is 142 Å². The predicted octanol–water partition coefficient (Wildman–Crippen LogP) is 4.15. The molecule has 5 nitrogen and oxygen atoms in total. The van der Waals surface area contributed by atoms with Crippen molar-refractivity contribution in [3.8, 4) is 11.8 Å². The van der Waals surface area contributed by atoms with E-state index in [-0.39, 0.29) is 0 Å². The molecule has 23 heavy (non-hydrogen) atoms. The molecule has 6 heteroatoms. The number of anilines is 3. The number of nitrogen functional groups attached to an aromatic ring is 1. The Morgan fingerprint density at radius 1 is 1.26 bits per heavy atom. The number of ether oxygens (including phenoxy) is 1. The molecule has 0 aliphatic rings. The topological polar surface area (TPSA) is 75.2 Å². The SMILES string of the molecule is COc1cc(N)cc2c(N(Br)c3ccccc3)c(C#N)cnc12. The van der Waals surface area contributed by atoms with Gasteiger partial charge in [-0.3, -0.25) is 8.91 Å². The maximum Gasteiger partial charge on any atom is 0.147 e. The largest absolute Gasteiger partial charge is 0.494 e. The zero-order chi connectivity index (χ0) is 16.4. The van der Waals surface area contributed by atoms with Crippen LogP contribution in [-0.4, -0.2) is 12.1 Å². The average molecular weight is 369 g/mol. The number of hydrogen-bond donors (Lipinski definition) is 1. The molecule has 0 saturated carbocycles. The van der Waals surface area contributed by atoms with Crippen LogP contribution in [0.2, 0.25) is 0 Å². The van der Waals surface area contributed by atoms with Crippen LogP contribution in [0.1, 0.15) is 5.56 Å². The fraction of sp³-hybridized carbons (Fsp3) is 0.0588. The van der Waals surface area contributed by atoms with Gasteiger partial charge in [-0.05, 0) is 18.2 Å². The van der Waals surface area contributed by atoms with Gasteiger partial charge in [-0.2, -0.15) is 5.26 Å². The van der Waals surface area contributed by atoms with Crippen LogP contribution in [0.5, 0.6) is 5.75 Å². The summed E-state index contributed by atoms with van der Waals surface area (Å²) in [6.45, 7) is 0. The fourth-order valence-corrected chi connectivity index (χ4v) is 3.03.